The molecule has 1 amide bonds. The molecule has 0 spiro atoms. The molecule has 4 rings (SSSR count). The van der Waals surface area contributed by atoms with Crippen LogP contribution in [0.5, 0.6) is 0 Å². The third-order valence-electron chi connectivity index (χ3n) is 5.89. The van der Waals surface area contributed by atoms with Crippen molar-refractivity contribution in [2.45, 2.75) is 24.9 Å². The lowest BCUT2D eigenvalue weighted by atomic mass is 10.1. The van der Waals surface area contributed by atoms with E-state index in [1.54, 1.807) is 17.0 Å². The minimum absolute atomic E-state index is 0. The van der Waals surface area contributed by atoms with Crippen molar-refractivity contribution >= 4 is 41.8 Å². The van der Waals surface area contributed by atoms with E-state index in [0.717, 1.165) is 16.7 Å². The van der Waals surface area contributed by atoms with Gasteiger partial charge in [-0.15, -0.1) is 12.6 Å². The SMILES string of the molecule is Cc1ccc(CN(C(=O)CNCc2ccc(Cl)cc2)c2ccc(C(=O)O)cc2)cc1.Fc1c(F)c(F)c(S)c(F)c1F.O.O. The molecule has 0 aliphatic rings. The van der Waals surface area contributed by atoms with E-state index in [0.29, 0.717) is 23.8 Å². The second-order valence-corrected chi connectivity index (χ2v) is 9.85. The summed E-state index contributed by atoms with van der Waals surface area (Å²) in [7, 11) is 0. The molecule has 4 aromatic carbocycles. The third-order valence-corrected chi connectivity index (χ3v) is 6.54. The molecule has 0 radical (unpaired) electrons. The van der Waals surface area contributed by atoms with E-state index >= 15 is 0 Å². The Morgan fingerprint density at radius 2 is 1.25 bits per heavy atom. The zero-order valence-electron chi connectivity index (χ0n) is 23.0. The summed E-state index contributed by atoms with van der Waals surface area (Å²) in [6.07, 6.45) is 0. The topological polar surface area (TPSA) is 133 Å². The molecule has 0 saturated heterocycles. The van der Waals surface area contributed by atoms with Gasteiger partial charge in [-0.05, 0) is 54.4 Å². The van der Waals surface area contributed by atoms with Gasteiger partial charge in [0.1, 0.15) is 0 Å². The van der Waals surface area contributed by atoms with Crippen molar-refractivity contribution in [1.29, 1.82) is 0 Å². The number of anilines is 1. The highest BCUT2D eigenvalue weighted by atomic mass is 35.5. The van der Waals surface area contributed by atoms with E-state index in [1.807, 2.05) is 55.5 Å². The number of rotatable bonds is 8. The quantitative estimate of drug-likeness (QED) is 0.0971. The molecule has 0 bridgehead atoms. The van der Waals surface area contributed by atoms with E-state index in [4.69, 9.17) is 16.7 Å². The largest absolute Gasteiger partial charge is 0.478 e. The average molecular weight is 659 g/mol. The highest BCUT2D eigenvalue weighted by Gasteiger charge is 2.23. The first kappa shape index (κ1) is 38.0. The first-order chi connectivity index (χ1) is 19.9. The highest BCUT2D eigenvalue weighted by Crippen LogP contribution is 2.25. The van der Waals surface area contributed by atoms with Crippen molar-refractivity contribution < 1.29 is 47.6 Å². The summed E-state index contributed by atoms with van der Waals surface area (Å²) in [5, 5.41) is 13.0. The number of halogens is 6. The van der Waals surface area contributed by atoms with Crippen molar-refractivity contribution in [3.8, 4) is 0 Å². The number of aryl methyl sites for hydroxylation is 1. The van der Waals surface area contributed by atoms with Crippen LogP contribution in [-0.4, -0.2) is 34.5 Å². The maximum absolute atomic E-state index is 13.0. The zero-order chi connectivity index (χ0) is 31.0. The fraction of sp³-hybridized carbons (Fsp3) is 0.133. The van der Waals surface area contributed by atoms with Gasteiger partial charge in [0, 0.05) is 17.3 Å². The van der Waals surface area contributed by atoms with Crippen molar-refractivity contribution in [2.75, 3.05) is 11.4 Å². The highest BCUT2D eigenvalue weighted by molar-refractivity contribution is 7.80. The van der Waals surface area contributed by atoms with Crippen molar-refractivity contribution in [3.05, 3.63) is 129 Å². The van der Waals surface area contributed by atoms with E-state index in [9.17, 15) is 31.5 Å². The van der Waals surface area contributed by atoms with Crippen molar-refractivity contribution in [2.24, 2.45) is 0 Å². The molecular formula is C30H28ClF5N2O5S. The van der Waals surface area contributed by atoms with Crippen molar-refractivity contribution in [3.63, 3.8) is 0 Å². The monoisotopic (exact) mass is 658 g/mol. The standard InChI is InChI=1S/C24H23ClN2O3.C6HF5S.2H2O/c1-17-2-4-19(5-3-17)16-27(22-12-8-20(9-13-22)24(29)30)23(28)15-26-14-18-6-10-21(25)11-7-18;7-1-2(8)4(10)6(12)5(11)3(1)9;;/h2-13,26H,14-16H2,1H3,(H,29,30);12H;2*1H2. The van der Waals surface area contributed by atoms with Gasteiger partial charge in [0.15, 0.2) is 23.3 Å². The van der Waals surface area contributed by atoms with Gasteiger partial charge < -0.3 is 26.3 Å². The molecule has 0 aliphatic carbocycles. The molecule has 0 atom stereocenters. The molecule has 0 unspecified atom stereocenters. The van der Waals surface area contributed by atoms with Gasteiger partial charge in [-0.1, -0.05) is 53.6 Å². The van der Waals surface area contributed by atoms with Crippen LogP contribution in [0.1, 0.15) is 27.0 Å². The molecule has 0 heterocycles. The molecular weight excluding hydrogens is 631 g/mol. The second kappa shape index (κ2) is 17.3. The van der Waals surface area contributed by atoms with Crippen LogP contribution in [0.4, 0.5) is 27.6 Å². The number of carbonyl (C=O) groups excluding carboxylic acids is 1. The van der Waals surface area contributed by atoms with Gasteiger partial charge in [-0.3, -0.25) is 4.79 Å². The molecule has 0 aliphatic heterocycles. The summed E-state index contributed by atoms with van der Waals surface area (Å²) in [6.45, 7) is 3.10. The molecule has 14 heteroatoms. The Morgan fingerprint density at radius 1 is 0.773 bits per heavy atom. The Bertz CT molecular complexity index is 1460. The lowest BCUT2D eigenvalue weighted by Crippen LogP contribution is -2.37. The van der Waals surface area contributed by atoms with Crippen LogP contribution in [-0.2, 0) is 17.9 Å². The van der Waals surface area contributed by atoms with Crippen LogP contribution in [0.25, 0.3) is 0 Å². The normalized spacial score (nSPS) is 10.1. The van der Waals surface area contributed by atoms with E-state index in [1.165, 1.54) is 12.1 Å². The number of carboxylic acid groups (broad SMARTS) is 1. The number of hydrogen-bond donors (Lipinski definition) is 3. The summed E-state index contributed by atoms with van der Waals surface area (Å²) in [5.74, 6) is -11.1. The van der Waals surface area contributed by atoms with Crippen LogP contribution in [0.3, 0.4) is 0 Å². The number of carboxylic acids is 1. The second-order valence-electron chi connectivity index (χ2n) is 8.97. The Balaban J connectivity index is 0.000000585. The maximum Gasteiger partial charge on any atom is 0.335 e. The number of hydrogen-bond acceptors (Lipinski definition) is 4. The Morgan fingerprint density at radius 3 is 1.75 bits per heavy atom. The Kier molecular flexibility index (Phi) is 15.0. The van der Waals surface area contributed by atoms with Gasteiger partial charge in [0.05, 0.1) is 23.5 Å². The van der Waals surface area contributed by atoms with Gasteiger partial charge in [0.25, 0.3) is 0 Å². The summed E-state index contributed by atoms with van der Waals surface area (Å²) in [6, 6.07) is 21.8. The molecule has 44 heavy (non-hydrogen) atoms. The van der Waals surface area contributed by atoms with Gasteiger partial charge in [-0.2, -0.15) is 0 Å². The van der Waals surface area contributed by atoms with Crippen LogP contribution >= 0.6 is 24.2 Å². The summed E-state index contributed by atoms with van der Waals surface area (Å²) in [5.41, 5.74) is 4.00. The number of nitrogens with zero attached hydrogens (tertiary/aromatic N) is 1. The predicted molar refractivity (Wildman–Crippen MR) is 160 cm³/mol. The number of amides is 1. The number of thiol groups is 1. The van der Waals surface area contributed by atoms with Crippen molar-refractivity contribution in [1.82, 2.24) is 5.32 Å². The summed E-state index contributed by atoms with van der Waals surface area (Å²) in [4.78, 5) is 24.6. The average Bonchev–Trinajstić information content (AvgIpc) is 2.99. The summed E-state index contributed by atoms with van der Waals surface area (Å²) >= 11 is 9.01. The van der Waals surface area contributed by atoms with Crippen LogP contribution in [0.2, 0.25) is 5.02 Å². The molecule has 6 N–H and O–H groups in total. The molecule has 7 nitrogen and oxygen atoms in total. The lowest BCUT2D eigenvalue weighted by molar-refractivity contribution is -0.118. The predicted octanol–water partition coefficient (Wildman–Crippen LogP) is 5.69. The fourth-order valence-electron chi connectivity index (χ4n) is 3.59. The Hall–Kier alpha value is -4.01. The molecule has 4 aromatic rings. The molecule has 236 valence electrons. The van der Waals surface area contributed by atoms with Crippen LogP contribution < -0.4 is 10.2 Å². The molecule has 0 aromatic heterocycles. The maximum atomic E-state index is 13.0. The fourth-order valence-corrected chi connectivity index (χ4v) is 3.91. The van der Waals surface area contributed by atoms with E-state index in [-0.39, 0.29) is 29.0 Å². The Labute approximate surface area is 259 Å². The smallest absolute Gasteiger partial charge is 0.335 e. The molecule has 0 fully saturated rings. The van der Waals surface area contributed by atoms with Crippen LogP contribution in [0.15, 0.2) is 77.7 Å². The first-order valence-corrected chi connectivity index (χ1v) is 13.1. The van der Waals surface area contributed by atoms with Crippen LogP contribution in [0, 0.1) is 36.0 Å². The minimum atomic E-state index is -2.18. The van der Waals surface area contributed by atoms with Gasteiger partial charge in [-0.25, -0.2) is 26.7 Å². The van der Waals surface area contributed by atoms with Gasteiger partial charge in [0.2, 0.25) is 11.7 Å². The van der Waals surface area contributed by atoms with E-state index < -0.39 is 40.0 Å². The number of nitrogens with one attached hydrogen (secondary N) is 1. The van der Waals surface area contributed by atoms with Gasteiger partial charge >= 0.3 is 5.97 Å². The number of aromatic carboxylic acids is 1. The number of carbonyl (C=O) groups is 2. The molecule has 0 saturated carbocycles. The minimum Gasteiger partial charge on any atom is -0.478 e. The first-order valence-electron chi connectivity index (χ1n) is 12.2. The van der Waals surface area contributed by atoms with E-state index in [2.05, 4.69) is 17.9 Å². The summed E-state index contributed by atoms with van der Waals surface area (Å²) < 4.78 is 61.3. The third kappa shape index (κ3) is 10.0. The lowest BCUT2D eigenvalue weighted by Gasteiger charge is -2.23. The number of benzene rings is 4. The zero-order valence-corrected chi connectivity index (χ0v) is 24.6.